The zero-order valence-corrected chi connectivity index (χ0v) is 40.1. The average molecular weight is 870 g/mol. The smallest absolute Gasteiger partial charge is 0.305 e. The molecule has 0 amide bonds. The Labute approximate surface area is 379 Å². The van der Waals surface area contributed by atoms with Crippen molar-refractivity contribution in [2.24, 2.45) is 5.92 Å². The molecule has 0 aliphatic heterocycles. The van der Waals surface area contributed by atoms with Crippen molar-refractivity contribution in [2.45, 2.75) is 174 Å². The number of unbranched alkanes of at least 4 members (excludes halogenated alkanes) is 16. The molecule has 0 spiro atoms. The Hall–Kier alpha value is -3.14. The Morgan fingerprint density at radius 2 is 0.952 bits per heavy atom. The van der Waals surface area contributed by atoms with Gasteiger partial charge < -0.3 is 33.3 Å². The molecule has 1 rings (SSSR count). The Balaban J connectivity index is 2.05. The summed E-state index contributed by atoms with van der Waals surface area (Å²) in [6.45, 7) is 8.18. The van der Waals surface area contributed by atoms with E-state index < -0.39 is 0 Å². The van der Waals surface area contributed by atoms with Crippen molar-refractivity contribution in [3.63, 3.8) is 0 Å². The zero-order valence-electron chi connectivity index (χ0n) is 40.1. The molecule has 1 aliphatic carbocycles. The first kappa shape index (κ1) is 56.9. The van der Waals surface area contributed by atoms with E-state index in [0.717, 1.165) is 88.7 Å². The fourth-order valence-corrected chi connectivity index (χ4v) is 6.98. The third-order valence-corrected chi connectivity index (χ3v) is 10.4. The summed E-state index contributed by atoms with van der Waals surface area (Å²) in [6.07, 6.45) is 49.6. The van der Waals surface area contributed by atoms with Gasteiger partial charge in [-0.2, -0.15) is 0 Å². The van der Waals surface area contributed by atoms with E-state index in [1.807, 2.05) is 6.08 Å². The summed E-state index contributed by atoms with van der Waals surface area (Å²) < 4.78 is 34.1. The van der Waals surface area contributed by atoms with E-state index in [4.69, 9.17) is 28.4 Å². The van der Waals surface area contributed by atoms with Crippen LogP contribution >= 0.6 is 0 Å². The van der Waals surface area contributed by atoms with Crippen LogP contribution in [0.25, 0.3) is 0 Å². The van der Waals surface area contributed by atoms with E-state index in [0.29, 0.717) is 52.5 Å². The van der Waals surface area contributed by atoms with Gasteiger partial charge in [-0.15, -0.1) is 0 Å². The van der Waals surface area contributed by atoms with E-state index in [2.05, 4.69) is 87.5 Å². The highest BCUT2D eigenvalue weighted by atomic mass is 16.6. The molecule has 0 heterocycles. The van der Waals surface area contributed by atoms with Gasteiger partial charge in [-0.25, -0.2) is 0 Å². The largest absolute Gasteiger partial charge is 0.495 e. The number of carbonyl (C=O) groups is 2. The van der Waals surface area contributed by atoms with Crippen LogP contribution in [0.15, 0.2) is 72.3 Å². The lowest BCUT2D eigenvalue weighted by Crippen LogP contribution is -2.23. The van der Waals surface area contributed by atoms with Crippen LogP contribution in [0.3, 0.4) is 0 Å². The molecule has 62 heavy (non-hydrogen) atoms. The van der Waals surface area contributed by atoms with Gasteiger partial charge in [0.05, 0.1) is 26.4 Å². The standard InChI is InChI=1S/C53H91NO8/c1-5-7-9-11-13-15-17-19-21-23-25-27-29-31-33-35-52(55)61-43-39-57-37-41-59-50-45-49(48-54(3)4)46-51(47-50)60-42-38-58-40-44-62-53(56)36-34-32-30-28-26-24-22-20-18-16-14-12-10-8-6-2/h13-16,19-22,45,47,49H,5-12,17-18,23-44,46,48H2,1-4H3/b15-13-,16-14-,21-19-,22-20-. The summed E-state index contributed by atoms with van der Waals surface area (Å²) >= 11 is 0. The second-order valence-electron chi connectivity index (χ2n) is 16.7. The Morgan fingerprint density at radius 1 is 0.532 bits per heavy atom. The van der Waals surface area contributed by atoms with Crippen LogP contribution in [0.2, 0.25) is 0 Å². The van der Waals surface area contributed by atoms with Gasteiger partial charge in [-0.05, 0) is 97.2 Å². The van der Waals surface area contributed by atoms with Gasteiger partial charge in [0.2, 0.25) is 0 Å². The molecule has 0 radical (unpaired) electrons. The van der Waals surface area contributed by atoms with Crippen molar-refractivity contribution < 1.29 is 38.0 Å². The van der Waals surface area contributed by atoms with Crippen molar-refractivity contribution >= 4 is 11.9 Å². The van der Waals surface area contributed by atoms with Crippen LogP contribution in [-0.2, 0) is 38.0 Å². The van der Waals surface area contributed by atoms with Gasteiger partial charge in [0.15, 0.2) is 0 Å². The summed E-state index contributed by atoms with van der Waals surface area (Å²) in [5.74, 6) is 1.58. The van der Waals surface area contributed by atoms with E-state index >= 15 is 0 Å². The molecule has 0 aromatic carbocycles. The number of hydrogen-bond donors (Lipinski definition) is 0. The summed E-state index contributed by atoms with van der Waals surface area (Å²) in [7, 11) is 4.12. The van der Waals surface area contributed by atoms with Crippen LogP contribution in [0.4, 0.5) is 0 Å². The van der Waals surface area contributed by atoms with E-state index in [1.165, 1.54) is 77.0 Å². The van der Waals surface area contributed by atoms with E-state index in [1.54, 1.807) is 0 Å². The van der Waals surface area contributed by atoms with Crippen molar-refractivity contribution in [1.82, 2.24) is 4.90 Å². The van der Waals surface area contributed by atoms with Crippen LogP contribution in [0.5, 0.6) is 0 Å². The van der Waals surface area contributed by atoms with Crippen LogP contribution in [0.1, 0.15) is 174 Å². The lowest BCUT2D eigenvalue weighted by molar-refractivity contribution is -0.146. The first-order valence-corrected chi connectivity index (χ1v) is 24.8. The lowest BCUT2D eigenvalue weighted by Gasteiger charge is -2.24. The topological polar surface area (TPSA) is 92.8 Å². The molecule has 9 nitrogen and oxygen atoms in total. The number of hydrogen-bond acceptors (Lipinski definition) is 9. The lowest BCUT2D eigenvalue weighted by atomic mass is 9.98. The molecule has 0 N–H and O–H groups in total. The third kappa shape index (κ3) is 39.7. The number of carbonyl (C=O) groups excluding carboxylic acids is 2. The molecule has 1 unspecified atom stereocenters. The SMILES string of the molecule is CCCCC/C=C\C/C=C\CCCCCCCC(=O)OCCOCCOC1=CC(CN(C)C)CC(OCCOCCOC(=O)CCCCCCC/C=C\C/C=C\CCCCC)=C1. The van der Waals surface area contributed by atoms with Gasteiger partial charge in [-0.3, -0.25) is 9.59 Å². The molecule has 1 aliphatic rings. The van der Waals surface area contributed by atoms with Crippen molar-refractivity contribution in [3.05, 3.63) is 72.3 Å². The monoisotopic (exact) mass is 870 g/mol. The minimum absolute atomic E-state index is 0.152. The maximum absolute atomic E-state index is 12.1. The van der Waals surface area contributed by atoms with Crippen molar-refractivity contribution in [3.8, 4) is 0 Å². The number of nitrogens with zero attached hydrogens (tertiary/aromatic N) is 1. The first-order valence-electron chi connectivity index (χ1n) is 24.8. The molecule has 9 heteroatoms. The predicted molar refractivity (Wildman–Crippen MR) is 257 cm³/mol. The first-order chi connectivity index (χ1) is 30.4. The van der Waals surface area contributed by atoms with Gasteiger partial charge in [0.25, 0.3) is 0 Å². The molecule has 0 saturated carbocycles. The number of rotatable bonds is 44. The van der Waals surface area contributed by atoms with E-state index in [9.17, 15) is 9.59 Å². The number of ether oxygens (including phenoxy) is 6. The summed E-state index contributed by atoms with van der Waals surface area (Å²) in [6, 6.07) is 0. The number of allylic oxidation sites excluding steroid dienone is 10. The van der Waals surface area contributed by atoms with Gasteiger partial charge in [0.1, 0.15) is 37.9 Å². The Bertz CT molecular complexity index is 1240. The minimum Gasteiger partial charge on any atom is -0.495 e. The molecule has 0 saturated heterocycles. The highest BCUT2D eigenvalue weighted by Crippen LogP contribution is 2.25. The fraction of sp³-hybridized carbons (Fsp3) is 0.736. The molecule has 0 aromatic rings. The second-order valence-corrected chi connectivity index (χ2v) is 16.7. The fourth-order valence-electron chi connectivity index (χ4n) is 6.98. The van der Waals surface area contributed by atoms with Gasteiger partial charge >= 0.3 is 11.9 Å². The quantitative estimate of drug-likeness (QED) is 0.0337. The predicted octanol–water partition coefficient (Wildman–Crippen LogP) is 13.1. The van der Waals surface area contributed by atoms with Crippen LogP contribution in [-0.4, -0.2) is 90.3 Å². The van der Waals surface area contributed by atoms with Crippen molar-refractivity contribution in [1.29, 1.82) is 0 Å². The summed E-state index contributed by atoms with van der Waals surface area (Å²) in [4.78, 5) is 26.4. The van der Waals surface area contributed by atoms with Crippen LogP contribution in [0, 0.1) is 5.92 Å². The maximum Gasteiger partial charge on any atom is 0.305 e. The highest BCUT2D eigenvalue weighted by molar-refractivity contribution is 5.69. The molecule has 0 aromatic heterocycles. The van der Waals surface area contributed by atoms with Crippen molar-refractivity contribution in [2.75, 3.05) is 73.5 Å². The minimum atomic E-state index is -0.153. The molecule has 0 bridgehead atoms. The Morgan fingerprint density at radius 3 is 1.42 bits per heavy atom. The van der Waals surface area contributed by atoms with E-state index in [-0.39, 0.29) is 31.1 Å². The molecule has 0 fully saturated rings. The number of esters is 2. The molecule has 356 valence electrons. The van der Waals surface area contributed by atoms with Gasteiger partial charge in [0, 0.05) is 37.8 Å². The van der Waals surface area contributed by atoms with Gasteiger partial charge in [-0.1, -0.05) is 127 Å². The third-order valence-electron chi connectivity index (χ3n) is 10.4. The molecule has 1 atom stereocenters. The molecular weight excluding hydrogens is 779 g/mol. The zero-order chi connectivity index (χ0) is 44.8. The average Bonchev–Trinajstić information content (AvgIpc) is 3.25. The highest BCUT2D eigenvalue weighted by Gasteiger charge is 2.18. The molecular formula is C53H91NO8. The Kier molecular flexibility index (Phi) is 40.8. The maximum atomic E-state index is 12.1. The summed E-state index contributed by atoms with van der Waals surface area (Å²) in [5, 5.41) is 0. The summed E-state index contributed by atoms with van der Waals surface area (Å²) in [5.41, 5.74) is 0. The second kappa shape index (κ2) is 44.5. The normalized spacial score (nSPS) is 14.4. The van der Waals surface area contributed by atoms with Crippen LogP contribution < -0.4 is 0 Å².